The van der Waals surface area contributed by atoms with Gasteiger partial charge < -0.3 is 72.2 Å². The number of aliphatic hydroxyl groups is 3. The highest BCUT2D eigenvalue weighted by Crippen LogP contribution is 2.39. The van der Waals surface area contributed by atoms with Crippen molar-refractivity contribution in [1.82, 2.24) is 0 Å². The van der Waals surface area contributed by atoms with E-state index in [-0.39, 0.29) is 26.4 Å². The summed E-state index contributed by atoms with van der Waals surface area (Å²) >= 11 is 0. The van der Waals surface area contributed by atoms with Crippen LogP contribution >= 0.6 is 0 Å². The van der Waals surface area contributed by atoms with Crippen molar-refractivity contribution in [3.63, 3.8) is 0 Å². The summed E-state index contributed by atoms with van der Waals surface area (Å²) in [6.45, 7) is 2.70. The van der Waals surface area contributed by atoms with E-state index < -0.39 is 135 Å². The van der Waals surface area contributed by atoms with E-state index in [2.05, 4.69) is 10.0 Å². The molecule has 3 fully saturated rings. The number of carbonyl (C=O) groups excluding carboxylic acids is 4. The highest BCUT2D eigenvalue weighted by atomic mass is 16.8. The van der Waals surface area contributed by atoms with Gasteiger partial charge in [0.15, 0.2) is 30.9 Å². The van der Waals surface area contributed by atoms with Crippen LogP contribution in [0.25, 0.3) is 10.4 Å². The fourth-order valence-corrected chi connectivity index (χ4v) is 9.25. The minimum Gasteiger partial charge on any atom is -0.463 e. The van der Waals surface area contributed by atoms with Crippen LogP contribution in [0.5, 0.6) is 0 Å². The van der Waals surface area contributed by atoms with Gasteiger partial charge in [0.25, 0.3) is 0 Å². The van der Waals surface area contributed by atoms with Crippen molar-refractivity contribution in [3.8, 4) is 0 Å². The molecule has 76 heavy (non-hydrogen) atoms. The van der Waals surface area contributed by atoms with Gasteiger partial charge in [-0.05, 0) is 27.8 Å². The Balaban J connectivity index is 1.28. The van der Waals surface area contributed by atoms with Crippen LogP contribution in [0.2, 0.25) is 0 Å². The third-order valence-corrected chi connectivity index (χ3v) is 12.6. The molecule has 3 aliphatic rings. The van der Waals surface area contributed by atoms with E-state index >= 15 is 0 Å². The number of hydrogen-bond donors (Lipinski definition) is 3. The molecule has 408 valence electrons. The molecule has 2 heterocycles. The minimum atomic E-state index is -1.81. The predicted molar refractivity (Wildman–Crippen MR) is 262 cm³/mol. The van der Waals surface area contributed by atoms with Crippen molar-refractivity contribution in [3.05, 3.63) is 154 Å². The number of ether oxygens (including phenoxy) is 12. The number of benzene rings is 4. The summed E-state index contributed by atoms with van der Waals surface area (Å²) in [5.41, 5.74) is 13.2. The average Bonchev–Trinajstić information content (AvgIpc) is 3.43. The van der Waals surface area contributed by atoms with Gasteiger partial charge in [0.1, 0.15) is 73.7 Å². The van der Waals surface area contributed by atoms with E-state index in [0.29, 0.717) is 5.56 Å². The summed E-state index contributed by atoms with van der Waals surface area (Å²) in [5, 5.41) is 39.7. The third kappa shape index (κ3) is 15.4. The van der Waals surface area contributed by atoms with E-state index in [1.165, 1.54) is 0 Å². The lowest BCUT2D eigenvalue weighted by atomic mass is 9.83. The van der Waals surface area contributed by atoms with Gasteiger partial charge in [-0.3, -0.25) is 19.2 Å². The minimum absolute atomic E-state index is 0.0129. The summed E-state index contributed by atoms with van der Waals surface area (Å²) in [4.78, 5) is 53.2. The summed E-state index contributed by atoms with van der Waals surface area (Å²) in [6, 6.07) is 34.9. The van der Waals surface area contributed by atoms with Gasteiger partial charge >= 0.3 is 23.9 Å². The number of hydrogen-bond acceptors (Lipinski definition) is 20. The van der Waals surface area contributed by atoms with Crippen LogP contribution in [0.3, 0.4) is 0 Å². The highest BCUT2D eigenvalue weighted by molar-refractivity contribution is 5.68. The van der Waals surface area contributed by atoms with Crippen LogP contribution < -0.4 is 0 Å². The molecule has 1 saturated carbocycles. The molecular formula is C54H63N3O19. The molecule has 7 rings (SSSR count). The Morgan fingerprint density at radius 2 is 0.882 bits per heavy atom. The lowest BCUT2D eigenvalue weighted by Crippen LogP contribution is -2.69. The summed E-state index contributed by atoms with van der Waals surface area (Å²) in [6.07, 6.45) is -23.1. The Labute approximate surface area is 438 Å². The molecule has 4 aromatic rings. The Morgan fingerprint density at radius 3 is 1.33 bits per heavy atom. The van der Waals surface area contributed by atoms with Gasteiger partial charge in [-0.2, -0.15) is 0 Å². The monoisotopic (exact) mass is 1060 g/mol. The van der Waals surface area contributed by atoms with E-state index in [9.17, 15) is 40.0 Å². The number of nitrogens with zero attached hydrogens (tertiary/aromatic N) is 3. The van der Waals surface area contributed by atoms with Crippen molar-refractivity contribution in [2.75, 3.05) is 13.2 Å². The molecule has 2 aliphatic heterocycles. The normalized spacial score (nSPS) is 30.2. The van der Waals surface area contributed by atoms with Crippen molar-refractivity contribution in [2.45, 2.75) is 152 Å². The van der Waals surface area contributed by atoms with Gasteiger partial charge in [0, 0.05) is 32.6 Å². The molecular weight excluding hydrogens is 995 g/mol. The second kappa shape index (κ2) is 28.1. The number of azide groups is 1. The first kappa shape index (κ1) is 57.3. The zero-order valence-corrected chi connectivity index (χ0v) is 42.2. The fourth-order valence-electron chi connectivity index (χ4n) is 9.25. The molecule has 0 bridgehead atoms. The van der Waals surface area contributed by atoms with Gasteiger partial charge in [0.2, 0.25) is 0 Å². The number of aliphatic hydroxyl groups excluding tert-OH is 3. The maximum absolute atomic E-state index is 12.8. The molecule has 16 atom stereocenters. The van der Waals surface area contributed by atoms with E-state index in [0.717, 1.165) is 44.4 Å². The largest absolute Gasteiger partial charge is 0.463 e. The average molecular weight is 1060 g/mol. The van der Waals surface area contributed by atoms with E-state index in [4.69, 9.17) is 56.8 Å². The van der Waals surface area contributed by atoms with Crippen LogP contribution in [0.15, 0.2) is 126 Å². The summed E-state index contributed by atoms with van der Waals surface area (Å²) < 4.78 is 74.4. The third-order valence-electron chi connectivity index (χ3n) is 12.6. The van der Waals surface area contributed by atoms with Gasteiger partial charge in [-0.15, -0.1) is 0 Å². The zero-order valence-electron chi connectivity index (χ0n) is 42.2. The first-order valence-electron chi connectivity index (χ1n) is 24.6. The van der Waals surface area contributed by atoms with Crippen LogP contribution in [0, 0.1) is 0 Å². The number of esters is 4. The first-order valence-corrected chi connectivity index (χ1v) is 24.6. The maximum atomic E-state index is 12.8. The molecule has 4 aromatic carbocycles. The van der Waals surface area contributed by atoms with E-state index in [1.54, 1.807) is 30.3 Å². The van der Waals surface area contributed by atoms with Crippen LogP contribution in [-0.2, 0) is 102 Å². The van der Waals surface area contributed by atoms with Crippen LogP contribution in [0.4, 0.5) is 0 Å². The van der Waals surface area contributed by atoms with Crippen molar-refractivity contribution < 1.29 is 91.3 Å². The number of carbonyl (C=O) groups is 4. The summed E-state index contributed by atoms with van der Waals surface area (Å²) in [7, 11) is 0. The molecule has 1 aliphatic carbocycles. The second-order valence-electron chi connectivity index (χ2n) is 18.2. The highest BCUT2D eigenvalue weighted by Gasteiger charge is 2.59. The lowest BCUT2D eigenvalue weighted by Gasteiger charge is -2.51. The Morgan fingerprint density at radius 1 is 0.487 bits per heavy atom. The quantitative estimate of drug-likeness (QED) is 0.0307. The SMILES string of the molecule is CC(=O)OC[C@H]1O[C@H](O[C@H]2[C@H](OCc3ccccc3)[C@@H](N=[N+]=[N-])[C@@H](O[C@H]3[C@H](O)[C@H](O)[C@H](OCc4ccccc4)[C@@H](OCc4ccccc4)[C@@H]3OCc3ccccc3)O[C@@H]2CO)[C@H](OC(C)=O)[C@@H](OC(C)=O)[C@H]1OC(C)=O. The topological polar surface area (TPSA) is 288 Å². The van der Waals surface area contributed by atoms with Crippen molar-refractivity contribution in [2.24, 2.45) is 5.11 Å². The Hall–Kier alpha value is -6.37. The molecule has 0 aromatic heterocycles. The number of rotatable bonds is 23. The zero-order chi connectivity index (χ0) is 54.1. The van der Waals surface area contributed by atoms with Crippen molar-refractivity contribution in [1.29, 1.82) is 0 Å². The maximum Gasteiger partial charge on any atom is 0.303 e. The molecule has 3 N–H and O–H groups in total. The Kier molecular flexibility index (Phi) is 21.2. The van der Waals surface area contributed by atoms with Gasteiger partial charge in [-0.1, -0.05) is 126 Å². The van der Waals surface area contributed by atoms with E-state index in [1.807, 2.05) is 91.0 Å². The van der Waals surface area contributed by atoms with Crippen molar-refractivity contribution >= 4 is 23.9 Å². The molecule has 0 unspecified atom stereocenters. The lowest BCUT2D eigenvalue weighted by molar-refractivity contribution is -0.363. The molecule has 2 saturated heterocycles. The Bertz CT molecular complexity index is 2510. The summed E-state index contributed by atoms with van der Waals surface area (Å²) in [5.74, 6) is -3.41. The molecule has 22 nitrogen and oxygen atoms in total. The van der Waals surface area contributed by atoms with Crippen LogP contribution in [-0.4, -0.2) is 150 Å². The smallest absolute Gasteiger partial charge is 0.303 e. The molecule has 0 spiro atoms. The van der Waals surface area contributed by atoms with Gasteiger partial charge in [0.05, 0.1) is 33.0 Å². The first-order chi connectivity index (χ1) is 36.7. The van der Waals surface area contributed by atoms with Gasteiger partial charge in [-0.25, -0.2) is 0 Å². The molecule has 22 heteroatoms. The molecule has 0 radical (unpaired) electrons. The van der Waals surface area contributed by atoms with Crippen LogP contribution in [0.1, 0.15) is 49.9 Å². The fraction of sp³-hybridized carbons (Fsp3) is 0.481. The molecule has 0 amide bonds. The standard InChI is InChI=1S/C54H63N3O19/c1-31(59)65-30-40-45(70-32(2)60)51(71-33(3)61)52(72-34(4)62)54(74-40)75-44-39(25-58)73-53(41(56-57-55)46(44)66-26-35-17-9-5-10-18-35)76-48-43(64)42(63)47(67-27-36-19-11-6-12-20-36)49(68-28-37-21-13-7-14-22-37)50(48)69-29-38-23-15-8-16-24-38/h5-24,39-54,58,63-64H,25-30H2,1-4H3/t39-,40-,41-,42+,43-,44-,45+,46-,47+,48+,49-,50-,51+,52-,53-,54-/m1/s1. The second-order valence-corrected chi connectivity index (χ2v) is 18.2. The predicted octanol–water partition coefficient (Wildman–Crippen LogP) is 4.31.